The Kier molecular flexibility index (Phi) is 5.93. The largest absolute Gasteiger partial charge is 0.496 e. The summed E-state index contributed by atoms with van der Waals surface area (Å²) in [6, 6.07) is 11.6. The van der Waals surface area contributed by atoms with Gasteiger partial charge < -0.3 is 14.7 Å². The lowest BCUT2D eigenvalue weighted by Crippen LogP contribution is -2.41. The lowest BCUT2D eigenvalue weighted by molar-refractivity contribution is -0.137. The summed E-state index contributed by atoms with van der Waals surface area (Å²) in [6.45, 7) is 0.803. The summed E-state index contributed by atoms with van der Waals surface area (Å²) in [4.78, 5) is 14.5. The molecule has 1 aliphatic heterocycles. The number of carbonyl (C=O) groups is 1. The van der Waals surface area contributed by atoms with Gasteiger partial charge in [-0.05, 0) is 42.7 Å². The Bertz CT molecular complexity index is 838. The topological polar surface area (TPSA) is 49.8 Å². The van der Waals surface area contributed by atoms with Crippen molar-refractivity contribution in [3.8, 4) is 5.75 Å². The Morgan fingerprint density at radius 1 is 1.21 bits per heavy atom. The number of hydrogen-bond donors (Lipinski definition) is 1. The van der Waals surface area contributed by atoms with Gasteiger partial charge in [-0.15, -0.1) is 0 Å². The summed E-state index contributed by atoms with van der Waals surface area (Å²) in [7, 11) is 1.49. The zero-order valence-electron chi connectivity index (χ0n) is 15.4. The number of ether oxygens (including phenoxy) is 1. The Morgan fingerprint density at radius 2 is 1.96 bits per heavy atom. The van der Waals surface area contributed by atoms with Gasteiger partial charge in [0.25, 0.3) is 5.91 Å². The van der Waals surface area contributed by atoms with E-state index in [0.717, 1.165) is 12.1 Å². The van der Waals surface area contributed by atoms with Crippen molar-refractivity contribution in [1.29, 1.82) is 0 Å². The second-order valence-corrected chi connectivity index (χ2v) is 6.92. The van der Waals surface area contributed by atoms with Crippen molar-refractivity contribution in [2.45, 2.75) is 25.1 Å². The monoisotopic (exact) mass is 393 g/mol. The Hall–Kier alpha value is -2.54. The van der Waals surface area contributed by atoms with E-state index < -0.39 is 17.8 Å². The van der Waals surface area contributed by atoms with Gasteiger partial charge in [0, 0.05) is 19.0 Å². The molecule has 0 bridgehead atoms. The minimum Gasteiger partial charge on any atom is -0.496 e. The maximum Gasteiger partial charge on any atom is 0.416 e. The van der Waals surface area contributed by atoms with Gasteiger partial charge in [-0.2, -0.15) is 13.2 Å². The molecule has 0 aromatic heterocycles. The van der Waals surface area contributed by atoms with Gasteiger partial charge in [-0.3, -0.25) is 4.79 Å². The third kappa shape index (κ3) is 4.30. The second-order valence-electron chi connectivity index (χ2n) is 6.92. The molecule has 1 aliphatic rings. The number of methoxy groups -OCH3 is 1. The zero-order valence-corrected chi connectivity index (χ0v) is 15.4. The quantitative estimate of drug-likeness (QED) is 0.843. The van der Waals surface area contributed by atoms with Gasteiger partial charge >= 0.3 is 6.18 Å². The van der Waals surface area contributed by atoms with Gasteiger partial charge in [0.2, 0.25) is 0 Å². The lowest BCUT2D eigenvalue weighted by Gasteiger charge is -2.35. The molecule has 0 aliphatic carbocycles. The van der Waals surface area contributed by atoms with Crippen molar-refractivity contribution in [3.05, 3.63) is 65.2 Å². The molecule has 0 spiro atoms. The van der Waals surface area contributed by atoms with Crippen LogP contribution in [0.5, 0.6) is 5.75 Å². The van der Waals surface area contributed by atoms with Crippen LogP contribution >= 0.6 is 0 Å². The second kappa shape index (κ2) is 8.22. The first kappa shape index (κ1) is 20.2. The summed E-state index contributed by atoms with van der Waals surface area (Å²) in [5, 5.41) is 10.7. The molecule has 3 rings (SSSR count). The number of carbonyl (C=O) groups excluding carboxylic acids is 1. The van der Waals surface area contributed by atoms with E-state index in [4.69, 9.17) is 4.74 Å². The average molecular weight is 393 g/mol. The molecule has 1 saturated heterocycles. The van der Waals surface area contributed by atoms with Gasteiger partial charge in [0.15, 0.2) is 0 Å². The van der Waals surface area contributed by atoms with Gasteiger partial charge in [-0.25, -0.2) is 0 Å². The molecular weight excluding hydrogens is 371 g/mol. The van der Waals surface area contributed by atoms with E-state index in [1.165, 1.54) is 19.2 Å². The fourth-order valence-electron chi connectivity index (χ4n) is 3.61. The highest BCUT2D eigenvalue weighted by Crippen LogP contribution is 2.35. The summed E-state index contributed by atoms with van der Waals surface area (Å²) in [5.41, 5.74) is -0.146. The van der Waals surface area contributed by atoms with Crippen LogP contribution < -0.4 is 4.74 Å². The van der Waals surface area contributed by atoms with Crippen LogP contribution in [0, 0.1) is 5.92 Å². The summed E-state index contributed by atoms with van der Waals surface area (Å²) in [6.07, 6.45) is -4.24. The first-order valence-electron chi connectivity index (χ1n) is 9.08. The third-order valence-corrected chi connectivity index (χ3v) is 5.08. The average Bonchev–Trinajstić information content (AvgIpc) is 2.72. The molecule has 0 radical (unpaired) electrons. The van der Waals surface area contributed by atoms with Crippen molar-refractivity contribution < 1.29 is 27.8 Å². The molecule has 150 valence electrons. The lowest BCUT2D eigenvalue weighted by atomic mass is 9.87. The van der Waals surface area contributed by atoms with E-state index in [9.17, 15) is 23.1 Å². The van der Waals surface area contributed by atoms with Crippen LogP contribution in [-0.4, -0.2) is 36.1 Å². The summed E-state index contributed by atoms with van der Waals surface area (Å²) >= 11 is 0. The number of likely N-dealkylation sites (tertiary alicyclic amines) is 1. The number of benzene rings is 2. The fraction of sp³-hybridized carbons (Fsp3) is 0.381. The highest BCUT2D eigenvalue weighted by atomic mass is 19.4. The van der Waals surface area contributed by atoms with Crippen molar-refractivity contribution in [2.24, 2.45) is 5.92 Å². The predicted octanol–water partition coefficient (Wildman–Crippen LogP) is 4.30. The summed E-state index contributed by atoms with van der Waals surface area (Å²) < 4.78 is 44.1. The van der Waals surface area contributed by atoms with Crippen molar-refractivity contribution >= 4 is 5.91 Å². The van der Waals surface area contributed by atoms with Crippen molar-refractivity contribution in [2.75, 3.05) is 20.2 Å². The Balaban J connectivity index is 1.77. The maximum absolute atomic E-state index is 13.0. The minimum absolute atomic E-state index is 0.210. The number of piperidine rings is 1. The highest BCUT2D eigenvalue weighted by Gasteiger charge is 2.33. The third-order valence-electron chi connectivity index (χ3n) is 5.08. The number of hydrogen-bond acceptors (Lipinski definition) is 3. The van der Waals surface area contributed by atoms with Crippen LogP contribution in [0.3, 0.4) is 0 Å². The van der Waals surface area contributed by atoms with Crippen molar-refractivity contribution in [1.82, 2.24) is 4.90 Å². The zero-order chi connectivity index (χ0) is 20.3. The Morgan fingerprint density at radius 3 is 2.68 bits per heavy atom. The number of aliphatic hydroxyl groups is 1. The van der Waals surface area contributed by atoms with E-state index in [-0.39, 0.29) is 23.9 Å². The molecule has 7 heteroatoms. The molecule has 4 nitrogen and oxygen atoms in total. The Labute approximate surface area is 161 Å². The van der Waals surface area contributed by atoms with Crippen molar-refractivity contribution in [3.63, 3.8) is 0 Å². The normalized spacial score (nSPS) is 18.6. The minimum atomic E-state index is -4.46. The molecule has 0 saturated carbocycles. The number of amides is 1. The molecule has 2 aromatic rings. The SMILES string of the molecule is COc1ccccc1C(=O)N1CCCC(C(O)c2cccc(C(F)(F)F)c2)C1. The van der Waals surface area contributed by atoms with Crippen LogP contribution in [0.2, 0.25) is 0 Å². The highest BCUT2D eigenvalue weighted by molar-refractivity contribution is 5.97. The number of nitrogens with zero attached hydrogens (tertiary/aromatic N) is 1. The molecule has 28 heavy (non-hydrogen) atoms. The summed E-state index contributed by atoms with van der Waals surface area (Å²) in [5.74, 6) is -0.0812. The number of rotatable bonds is 4. The van der Waals surface area contributed by atoms with E-state index >= 15 is 0 Å². The van der Waals surface area contributed by atoms with Crippen LogP contribution in [0.15, 0.2) is 48.5 Å². The van der Waals surface area contributed by atoms with E-state index in [0.29, 0.717) is 30.7 Å². The number of halogens is 3. The molecule has 2 unspecified atom stereocenters. The molecule has 1 fully saturated rings. The number of alkyl halides is 3. The molecule has 2 atom stereocenters. The molecular formula is C21H22F3NO3. The smallest absolute Gasteiger partial charge is 0.416 e. The van der Waals surface area contributed by atoms with Crippen LogP contribution in [0.1, 0.15) is 40.4 Å². The van der Waals surface area contributed by atoms with E-state index in [1.54, 1.807) is 29.2 Å². The number of para-hydroxylation sites is 1. The molecule has 1 N–H and O–H groups in total. The van der Waals surface area contributed by atoms with Gasteiger partial charge in [0.05, 0.1) is 24.3 Å². The number of aliphatic hydroxyl groups excluding tert-OH is 1. The first-order chi connectivity index (χ1) is 13.3. The standard InChI is InChI=1S/C21H22F3NO3/c1-28-18-10-3-2-9-17(18)20(27)25-11-5-7-15(13-25)19(26)14-6-4-8-16(12-14)21(22,23)24/h2-4,6,8-10,12,15,19,26H,5,7,11,13H2,1H3. The molecule has 1 heterocycles. The fourth-order valence-corrected chi connectivity index (χ4v) is 3.61. The van der Waals surface area contributed by atoms with Gasteiger partial charge in [0.1, 0.15) is 5.75 Å². The van der Waals surface area contributed by atoms with E-state index in [2.05, 4.69) is 0 Å². The maximum atomic E-state index is 13.0. The van der Waals surface area contributed by atoms with Crippen LogP contribution in [0.25, 0.3) is 0 Å². The predicted molar refractivity (Wildman–Crippen MR) is 98.0 cm³/mol. The van der Waals surface area contributed by atoms with Crippen LogP contribution in [-0.2, 0) is 6.18 Å². The molecule has 1 amide bonds. The molecule has 2 aromatic carbocycles. The van der Waals surface area contributed by atoms with E-state index in [1.807, 2.05) is 0 Å². The van der Waals surface area contributed by atoms with Crippen LogP contribution in [0.4, 0.5) is 13.2 Å². The first-order valence-corrected chi connectivity index (χ1v) is 9.08. The van der Waals surface area contributed by atoms with Gasteiger partial charge in [-0.1, -0.05) is 24.3 Å².